The van der Waals surface area contributed by atoms with Crippen LogP contribution in [0.15, 0.2) is 48.5 Å². The Morgan fingerprint density at radius 2 is 1.87 bits per heavy atom. The smallest absolute Gasteiger partial charge is 0.303 e. The molecule has 2 aromatic carbocycles. The minimum absolute atomic E-state index is 0.0382. The molecule has 2 aromatic rings. The monoisotopic (exact) mass is 424 g/mol. The predicted octanol–water partition coefficient (Wildman–Crippen LogP) is 4.19. The summed E-state index contributed by atoms with van der Waals surface area (Å²) in [6.07, 6.45) is 0.806. The Hall–Kier alpha value is -2.86. The number of carbonyl (C=O) groups is 2. The molecule has 0 unspecified atom stereocenters. The number of carboxylic acid groups (broad SMARTS) is 1. The first kappa shape index (κ1) is 22.8. The van der Waals surface area contributed by atoms with Crippen LogP contribution in [-0.4, -0.2) is 36.2 Å². The average molecular weight is 425 g/mol. The normalized spacial score (nSPS) is 17.1. The molecule has 1 amide bonds. The van der Waals surface area contributed by atoms with Crippen LogP contribution in [0, 0.1) is 5.92 Å². The number of carbonyl (C=O) groups excluding carboxylic acids is 1. The number of carboxylic acids is 1. The second-order valence-electron chi connectivity index (χ2n) is 8.60. The zero-order chi connectivity index (χ0) is 22.4. The number of hydrogen-bond donors (Lipinski definition) is 2. The number of para-hydroxylation sites is 2. The molecule has 0 aliphatic carbocycles. The highest BCUT2D eigenvalue weighted by Gasteiger charge is 2.31. The molecule has 0 saturated heterocycles. The number of hydrogen-bond acceptors (Lipinski definition) is 4. The summed E-state index contributed by atoms with van der Waals surface area (Å²) in [4.78, 5) is 26.1. The average Bonchev–Trinajstić information content (AvgIpc) is 2.86. The molecule has 0 fully saturated rings. The third-order valence-electron chi connectivity index (χ3n) is 5.66. The van der Waals surface area contributed by atoms with Gasteiger partial charge in [-0.1, -0.05) is 57.2 Å². The van der Waals surface area contributed by atoms with Gasteiger partial charge in [0.05, 0.1) is 12.2 Å². The van der Waals surface area contributed by atoms with Crippen molar-refractivity contribution in [2.24, 2.45) is 5.92 Å². The van der Waals surface area contributed by atoms with Gasteiger partial charge in [0.2, 0.25) is 5.91 Å². The number of amides is 1. The summed E-state index contributed by atoms with van der Waals surface area (Å²) in [6, 6.07) is 15.5. The Morgan fingerprint density at radius 3 is 2.55 bits per heavy atom. The zero-order valence-corrected chi connectivity index (χ0v) is 18.5. The van der Waals surface area contributed by atoms with Crippen molar-refractivity contribution in [3.63, 3.8) is 0 Å². The van der Waals surface area contributed by atoms with Gasteiger partial charge in [0.15, 0.2) is 0 Å². The number of nitrogens with zero attached hydrogens (tertiary/aromatic N) is 1. The van der Waals surface area contributed by atoms with E-state index in [1.54, 1.807) is 4.90 Å². The molecule has 0 bridgehead atoms. The van der Waals surface area contributed by atoms with Crippen LogP contribution in [0.2, 0.25) is 0 Å². The van der Waals surface area contributed by atoms with Crippen LogP contribution in [0.4, 0.5) is 5.69 Å². The number of fused-ring (bicyclic) bond motifs is 1. The van der Waals surface area contributed by atoms with E-state index < -0.39 is 12.0 Å². The molecule has 0 aromatic heterocycles. The Bertz CT molecular complexity index is 895. The van der Waals surface area contributed by atoms with E-state index in [4.69, 9.17) is 9.84 Å². The van der Waals surface area contributed by atoms with E-state index in [-0.39, 0.29) is 24.9 Å². The maximum atomic E-state index is 13.4. The third kappa shape index (κ3) is 6.07. The summed E-state index contributed by atoms with van der Waals surface area (Å²) >= 11 is 0. The van der Waals surface area contributed by atoms with Crippen LogP contribution in [0.5, 0.6) is 5.75 Å². The van der Waals surface area contributed by atoms with Crippen LogP contribution in [0.1, 0.15) is 50.7 Å². The molecule has 6 heteroatoms. The van der Waals surface area contributed by atoms with Crippen molar-refractivity contribution in [1.82, 2.24) is 5.32 Å². The molecular formula is C25H32N2O4. The van der Waals surface area contributed by atoms with Crippen LogP contribution in [0.25, 0.3) is 0 Å². The second kappa shape index (κ2) is 10.4. The lowest BCUT2D eigenvalue weighted by Gasteiger charge is -2.25. The van der Waals surface area contributed by atoms with Crippen molar-refractivity contribution in [2.75, 3.05) is 18.1 Å². The molecule has 2 atom stereocenters. The standard InChI is InChI=1S/C25H32N2O4/c1-17(2)20-10-8-19(9-11-20)15-27-22-6-4-5-7-23(22)31-16-21(25(27)30)26-13-12-18(3)14-24(28)29/h4-11,17-18,21,26H,12-16H2,1-3H3,(H,28,29)/t18-,21-/m0/s1. The maximum absolute atomic E-state index is 13.4. The van der Waals surface area contributed by atoms with E-state index in [1.165, 1.54) is 5.56 Å². The molecule has 1 aliphatic rings. The number of benzene rings is 2. The van der Waals surface area contributed by atoms with Gasteiger partial charge in [0, 0.05) is 6.42 Å². The first-order valence-corrected chi connectivity index (χ1v) is 10.9. The largest absolute Gasteiger partial charge is 0.489 e. The summed E-state index contributed by atoms with van der Waals surface area (Å²) < 4.78 is 5.95. The molecule has 1 aliphatic heterocycles. The van der Waals surface area contributed by atoms with Gasteiger partial charge in [-0.25, -0.2) is 0 Å². The van der Waals surface area contributed by atoms with E-state index in [0.29, 0.717) is 31.2 Å². The summed E-state index contributed by atoms with van der Waals surface area (Å²) in [5.74, 6) is 0.355. The minimum atomic E-state index is -0.800. The number of rotatable bonds is 9. The molecule has 1 heterocycles. The fourth-order valence-corrected chi connectivity index (χ4v) is 3.76. The maximum Gasteiger partial charge on any atom is 0.303 e. The first-order valence-electron chi connectivity index (χ1n) is 10.9. The van der Waals surface area contributed by atoms with Crippen molar-refractivity contribution in [3.05, 3.63) is 59.7 Å². The second-order valence-corrected chi connectivity index (χ2v) is 8.60. The van der Waals surface area contributed by atoms with Gasteiger partial charge in [-0.2, -0.15) is 0 Å². The SMILES string of the molecule is CC(C)c1ccc(CN2C(=O)[C@@H](NCC[C@H](C)CC(=O)O)COc3ccccc32)cc1. The molecule has 0 radical (unpaired) electrons. The highest BCUT2D eigenvalue weighted by Crippen LogP contribution is 2.32. The van der Waals surface area contributed by atoms with Crippen LogP contribution >= 0.6 is 0 Å². The molecular weight excluding hydrogens is 392 g/mol. The zero-order valence-electron chi connectivity index (χ0n) is 18.5. The van der Waals surface area contributed by atoms with E-state index in [9.17, 15) is 9.59 Å². The van der Waals surface area contributed by atoms with Crippen molar-refractivity contribution in [3.8, 4) is 5.75 Å². The molecule has 2 N–H and O–H groups in total. The number of aliphatic carboxylic acids is 1. The van der Waals surface area contributed by atoms with Gasteiger partial charge in [-0.3, -0.25) is 9.59 Å². The fourth-order valence-electron chi connectivity index (χ4n) is 3.76. The van der Waals surface area contributed by atoms with Crippen molar-refractivity contribution in [1.29, 1.82) is 0 Å². The van der Waals surface area contributed by atoms with Crippen molar-refractivity contribution in [2.45, 2.75) is 52.1 Å². The molecule has 0 saturated carbocycles. The Labute approximate surface area is 184 Å². The quantitative estimate of drug-likeness (QED) is 0.631. The summed E-state index contributed by atoms with van der Waals surface area (Å²) in [7, 11) is 0. The number of nitrogens with one attached hydrogen (secondary N) is 1. The molecule has 166 valence electrons. The van der Waals surface area contributed by atoms with E-state index >= 15 is 0 Å². The number of anilines is 1. The third-order valence-corrected chi connectivity index (χ3v) is 5.66. The Balaban J connectivity index is 1.74. The highest BCUT2D eigenvalue weighted by molar-refractivity contribution is 5.99. The summed E-state index contributed by atoms with van der Waals surface area (Å²) in [5, 5.41) is 12.2. The Morgan fingerprint density at radius 1 is 1.16 bits per heavy atom. The molecule has 31 heavy (non-hydrogen) atoms. The number of ether oxygens (including phenoxy) is 1. The van der Waals surface area contributed by atoms with Gasteiger partial charge in [0.1, 0.15) is 18.4 Å². The van der Waals surface area contributed by atoms with Crippen molar-refractivity contribution < 1.29 is 19.4 Å². The molecule has 3 rings (SSSR count). The topological polar surface area (TPSA) is 78.9 Å². The lowest BCUT2D eigenvalue weighted by atomic mass is 10.0. The van der Waals surface area contributed by atoms with E-state index in [0.717, 1.165) is 11.3 Å². The van der Waals surface area contributed by atoms with E-state index in [2.05, 4.69) is 43.4 Å². The summed E-state index contributed by atoms with van der Waals surface area (Å²) in [5.41, 5.74) is 3.09. The van der Waals surface area contributed by atoms with Gasteiger partial charge in [-0.05, 0) is 48.1 Å². The molecule has 6 nitrogen and oxygen atoms in total. The van der Waals surface area contributed by atoms with Crippen LogP contribution in [0.3, 0.4) is 0 Å². The van der Waals surface area contributed by atoms with Crippen LogP contribution in [-0.2, 0) is 16.1 Å². The van der Waals surface area contributed by atoms with Crippen LogP contribution < -0.4 is 15.0 Å². The molecule has 0 spiro atoms. The van der Waals surface area contributed by atoms with Gasteiger partial charge >= 0.3 is 5.97 Å². The predicted molar refractivity (Wildman–Crippen MR) is 121 cm³/mol. The highest BCUT2D eigenvalue weighted by atomic mass is 16.5. The Kier molecular flexibility index (Phi) is 7.69. The lowest BCUT2D eigenvalue weighted by Crippen LogP contribution is -2.48. The summed E-state index contributed by atoms with van der Waals surface area (Å²) in [6.45, 7) is 7.49. The first-order chi connectivity index (χ1) is 14.8. The van der Waals surface area contributed by atoms with E-state index in [1.807, 2.05) is 31.2 Å². The van der Waals surface area contributed by atoms with Gasteiger partial charge in [-0.15, -0.1) is 0 Å². The van der Waals surface area contributed by atoms with Gasteiger partial charge < -0.3 is 20.1 Å². The minimum Gasteiger partial charge on any atom is -0.489 e. The van der Waals surface area contributed by atoms with Gasteiger partial charge in [0.25, 0.3) is 0 Å². The fraction of sp³-hybridized carbons (Fsp3) is 0.440. The van der Waals surface area contributed by atoms with Crippen molar-refractivity contribution >= 4 is 17.6 Å². The lowest BCUT2D eigenvalue weighted by molar-refractivity contribution is -0.138.